The number of hydrogen-bond acceptors (Lipinski definition) is 3. The maximum atomic E-state index is 11.2. The minimum atomic E-state index is -0.789. The molecule has 1 aliphatic rings. The van der Waals surface area contributed by atoms with Crippen LogP contribution in [0.5, 0.6) is 0 Å². The molecule has 0 aromatic heterocycles. The normalized spacial score (nSPS) is 19.8. The van der Waals surface area contributed by atoms with E-state index in [1.54, 1.807) is 0 Å². The van der Waals surface area contributed by atoms with E-state index in [1.807, 2.05) is 6.92 Å². The van der Waals surface area contributed by atoms with Crippen LogP contribution in [0.4, 0.5) is 0 Å². The number of ketones is 1. The molecule has 0 bridgehead atoms. The average Bonchev–Trinajstić information content (AvgIpc) is 2.27. The Balaban J connectivity index is 2.57. The van der Waals surface area contributed by atoms with Gasteiger partial charge in [-0.15, -0.1) is 0 Å². The highest BCUT2D eigenvalue weighted by Crippen LogP contribution is 2.34. The number of hydrogen-bond donors (Lipinski definition) is 0. The van der Waals surface area contributed by atoms with Crippen molar-refractivity contribution in [2.75, 3.05) is 0 Å². The van der Waals surface area contributed by atoms with Gasteiger partial charge < -0.3 is 0 Å². The second kappa shape index (κ2) is 5.24. The lowest BCUT2D eigenvalue weighted by Crippen LogP contribution is -2.40. The van der Waals surface area contributed by atoms with E-state index in [0.717, 1.165) is 19.3 Å². The smallest absolute Gasteiger partial charge is 0.222 e. The molecule has 4 nitrogen and oxygen atoms in total. The average molecular weight is 213 g/mol. The molecule has 0 heterocycles. The first-order valence-corrected chi connectivity index (χ1v) is 5.77. The number of nitrogens with zero attached hydrogens (tertiary/aromatic N) is 1. The monoisotopic (exact) mass is 213 g/mol. The molecule has 1 saturated carbocycles. The molecular formula is C11H19NO3. The summed E-state index contributed by atoms with van der Waals surface area (Å²) in [5.74, 6) is 0.141. The Bertz CT molecular complexity index is 244. The quantitative estimate of drug-likeness (QED) is 0.521. The first-order valence-electron chi connectivity index (χ1n) is 5.77. The highest BCUT2D eigenvalue weighted by atomic mass is 16.6. The van der Waals surface area contributed by atoms with Crippen LogP contribution >= 0.6 is 0 Å². The molecule has 86 valence electrons. The lowest BCUT2D eigenvalue weighted by atomic mass is 9.78. The number of Topliss-reactive ketones (excluding diaryl/α,β-unsaturated/α-hetero) is 1. The van der Waals surface area contributed by atoms with Crippen LogP contribution in [-0.4, -0.2) is 16.2 Å². The molecule has 1 fully saturated rings. The summed E-state index contributed by atoms with van der Waals surface area (Å²) in [6.45, 7) is 1.81. The van der Waals surface area contributed by atoms with Crippen molar-refractivity contribution in [2.24, 2.45) is 0 Å². The predicted octanol–water partition coefficient (Wildman–Crippen LogP) is 2.73. The molecular weight excluding hydrogens is 194 g/mol. The van der Waals surface area contributed by atoms with E-state index in [2.05, 4.69) is 0 Å². The summed E-state index contributed by atoms with van der Waals surface area (Å²) in [5.41, 5.74) is -0.789. The third-order valence-corrected chi connectivity index (χ3v) is 3.44. The zero-order valence-corrected chi connectivity index (χ0v) is 9.33. The van der Waals surface area contributed by atoms with Gasteiger partial charge in [-0.2, -0.15) is 0 Å². The van der Waals surface area contributed by atoms with Crippen molar-refractivity contribution in [3.63, 3.8) is 0 Å². The molecule has 0 saturated heterocycles. The summed E-state index contributed by atoms with van der Waals surface area (Å²) in [7, 11) is 0. The summed E-state index contributed by atoms with van der Waals surface area (Å²) in [5, 5.41) is 11.1. The Hall–Kier alpha value is -0.930. The molecule has 0 amide bonds. The summed E-state index contributed by atoms with van der Waals surface area (Å²) < 4.78 is 0. The third kappa shape index (κ3) is 3.01. The number of carbonyl (C=O) groups is 1. The summed E-state index contributed by atoms with van der Waals surface area (Å²) in [4.78, 5) is 22.1. The van der Waals surface area contributed by atoms with Crippen LogP contribution in [0.25, 0.3) is 0 Å². The topological polar surface area (TPSA) is 60.2 Å². The first kappa shape index (κ1) is 12.1. The minimum Gasteiger partial charge on any atom is -0.300 e. The van der Waals surface area contributed by atoms with Crippen LogP contribution in [0, 0.1) is 10.1 Å². The number of nitro groups is 1. The molecule has 0 unspecified atom stereocenters. The molecule has 0 radical (unpaired) electrons. The summed E-state index contributed by atoms with van der Waals surface area (Å²) in [6.07, 6.45) is 5.56. The van der Waals surface area contributed by atoms with Crippen molar-refractivity contribution in [1.29, 1.82) is 0 Å². The predicted molar refractivity (Wildman–Crippen MR) is 57.3 cm³/mol. The van der Waals surface area contributed by atoms with E-state index in [0.29, 0.717) is 32.1 Å². The molecule has 4 heteroatoms. The molecule has 0 aromatic rings. The highest BCUT2D eigenvalue weighted by molar-refractivity contribution is 5.78. The molecule has 0 aliphatic heterocycles. The van der Waals surface area contributed by atoms with Gasteiger partial charge in [0.15, 0.2) is 0 Å². The molecule has 1 rings (SSSR count). The Morgan fingerprint density at radius 3 is 2.40 bits per heavy atom. The zero-order chi connectivity index (χ0) is 11.3. The van der Waals surface area contributed by atoms with E-state index in [1.165, 1.54) is 0 Å². The number of rotatable bonds is 5. The van der Waals surface area contributed by atoms with Gasteiger partial charge in [-0.25, -0.2) is 0 Å². The minimum absolute atomic E-state index is 0.141. The molecule has 0 spiro atoms. The van der Waals surface area contributed by atoms with Gasteiger partial charge in [-0.3, -0.25) is 14.9 Å². The van der Waals surface area contributed by atoms with Crippen LogP contribution in [0.15, 0.2) is 0 Å². The molecule has 0 aromatic carbocycles. The first-order chi connectivity index (χ1) is 7.10. The lowest BCUT2D eigenvalue weighted by Gasteiger charge is -2.28. The zero-order valence-electron chi connectivity index (χ0n) is 9.33. The Morgan fingerprint density at radius 1 is 1.33 bits per heavy atom. The maximum Gasteiger partial charge on any atom is 0.222 e. The van der Waals surface area contributed by atoms with Crippen LogP contribution in [0.1, 0.15) is 58.3 Å². The largest absolute Gasteiger partial charge is 0.300 e. The van der Waals surface area contributed by atoms with Crippen molar-refractivity contribution >= 4 is 5.78 Å². The fourth-order valence-electron chi connectivity index (χ4n) is 2.28. The van der Waals surface area contributed by atoms with Gasteiger partial charge in [-0.1, -0.05) is 13.3 Å². The van der Waals surface area contributed by atoms with Crippen molar-refractivity contribution in [2.45, 2.75) is 63.8 Å². The third-order valence-electron chi connectivity index (χ3n) is 3.44. The van der Waals surface area contributed by atoms with Crippen molar-refractivity contribution in [1.82, 2.24) is 0 Å². The maximum absolute atomic E-state index is 11.2. The standard InChI is InChI=1S/C11H19NO3/c1-2-10(13)6-9-11(12(14)15)7-4-3-5-8-11/h2-9H2,1H3. The fourth-order valence-corrected chi connectivity index (χ4v) is 2.28. The van der Waals surface area contributed by atoms with E-state index in [4.69, 9.17) is 0 Å². The highest BCUT2D eigenvalue weighted by Gasteiger charge is 2.43. The SMILES string of the molecule is CCC(=O)CCC1([N+](=O)[O-])CCCCC1. The van der Waals surface area contributed by atoms with Crippen LogP contribution in [0.3, 0.4) is 0 Å². The number of carbonyl (C=O) groups excluding carboxylic acids is 1. The Kier molecular flexibility index (Phi) is 4.24. The summed E-state index contributed by atoms with van der Waals surface area (Å²) in [6, 6.07) is 0. The van der Waals surface area contributed by atoms with Gasteiger partial charge >= 0.3 is 0 Å². The Labute approximate surface area is 90.2 Å². The van der Waals surface area contributed by atoms with Gasteiger partial charge in [0.1, 0.15) is 5.78 Å². The van der Waals surface area contributed by atoms with Crippen molar-refractivity contribution in [3.8, 4) is 0 Å². The van der Waals surface area contributed by atoms with Crippen molar-refractivity contribution < 1.29 is 9.72 Å². The van der Waals surface area contributed by atoms with Gasteiger partial charge in [0, 0.05) is 37.0 Å². The van der Waals surface area contributed by atoms with Gasteiger partial charge in [0.25, 0.3) is 0 Å². The second-order valence-corrected chi connectivity index (χ2v) is 4.43. The van der Waals surface area contributed by atoms with Crippen LogP contribution in [0.2, 0.25) is 0 Å². The molecule has 0 N–H and O–H groups in total. The van der Waals surface area contributed by atoms with Gasteiger partial charge in [0.2, 0.25) is 5.54 Å². The van der Waals surface area contributed by atoms with Crippen molar-refractivity contribution in [3.05, 3.63) is 10.1 Å². The van der Waals surface area contributed by atoms with E-state index in [9.17, 15) is 14.9 Å². The Morgan fingerprint density at radius 2 is 1.93 bits per heavy atom. The van der Waals surface area contributed by atoms with E-state index in [-0.39, 0.29) is 10.7 Å². The summed E-state index contributed by atoms with van der Waals surface area (Å²) >= 11 is 0. The van der Waals surface area contributed by atoms with Crippen LogP contribution in [-0.2, 0) is 4.79 Å². The van der Waals surface area contributed by atoms with E-state index < -0.39 is 5.54 Å². The lowest BCUT2D eigenvalue weighted by molar-refractivity contribution is -0.576. The molecule has 0 atom stereocenters. The van der Waals surface area contributed by atoms with Gasteiger partial charge in [-0.05, 0) is 12.8 Å². The molecule has 1 aliphatic carbocycles. The van der Waals surface area contributed by atoms with Gasteiger partial charge in [0.05, 0.1) is 0 Å². The van der Waals surface area contributed by atoms with Crippen LogP contribution < -0.4 is 0 Å². The second-order valence-electron chi connectivity index (χ2n) is 4.43. The fraction of sp³-hybridized carbons (Fsp3) is 0.909. The van der Waals surface area contributed by atoms with E-state index >= 15 is 0 Å². The molecule has 15 heavy (non-hydrogen) atoms.